The predicted octanol–water partition coefficient (Wildman–Crippen LogP) is 1.60. The van der Waals surface area contributed by atoms with E-state index in [1.54, 1.807) is 18.3 Å². The second-order valence-corrected chi connectivity index (χ2v) is 2.80. The maximum atomic E-state index is 10.3. The Morgan fingerprint density at radius 2 is 2.29 bits per heavy atom. The minimum absolute atomic E-state index is 0.0956. The molecular weight excluding hydrogens is 206 g/mol. The Labute approximate surface area is 83.7 Å². The third-order valence-corrected chi connectivity index (χ3v) is 1.81. The molecule has 0 atom stereocenters. The summed E-state index contributed by atoms with van der Waals surface area (Å²) < 4.78 is 4.96. The maximum Gasteiger partial charge on any atom is 0.281 e. The first-order valence-corrected chi connectivity index (χ1v) is 4.08. The number of hydrogen-bond acceptors (Lipinski definition) is 5. The van der Waals surface area contributed by atoms with Gasteiger partial charge in [-0.1, -0.05) is 11.6 Å². The van der Waals surface area contributed by atoms with Crippen molar-refractivity contribution in [1.82, 2.24) is 15.2 Å². The third-order valence-electron chi connectivity index (χ3n) is 1.50. The van der Waals surface area contributed by atoms with Crippen LogP contribution in [0.5, 0.6) is 0 Å². The molecule has 0 radical (unpaired) electrons. The van der Waals surface area contributed by atoms with E-state index in [9.17, 15) is 4.79 Å². The van der Waals surface area contributed by atoms with E-state index in [-0.39, 0.29) is 11.8 Å². The smallest absolute Gasteiger partial charge is 0.281 e. The van der Waals surface area contributed by atoms with Crippen LogP contribution >= 0.6 is 11.6 Å². The van der Waals surface area contributed by atoms with Gasteiger partial charge in [0.15, 0.2) is 0 Å². The minimum atomic E-state index is -0.0956. The summed E-state index contributed by atoms with van der Waals surface area (Å²) in [4.78, 5) is 14.2. The van der Waals surface area contributed by atoms with Gasteiger partial charge in [0.05, 0.1) is 5.02 Å². The van der Waals surface area contributed by atoms with Crippen LogP contribution in [-0.4, -0.2) is 21.5 Å². The molecule has 70 valence electrons. The van der Waals surface area contributed by atoms with Gasteiger partial charge in [-0.05, 0) is 12.1 Å². The number of carbonyl (C=O) groups is 1. The van der Waals surface area contributed by atoms with Crippen molar-refractivity contribution in [2.75, 3.05) is 0 Å². The van der Waals surface area contributed by atoms with E-state index in [4.69, 9.17) is 16.0 Å². The van der Waals surface area contributed by atoms with Crippen LogP contribution in [0.4, 0.5) is 0 Å². The first-order valence-electron chi connectivity index (χ1n) is 3.71. The van der Waals surface area contributed by atoms with Crippen molar-refractivity contribution >= 4 is 17.9 Å². The van der Waals surface area contributed by atoms with E-state index >= 15 is 0 Å². The van der Waals surface area contributed by atoms with E-state index in [0.717, 1.165) is 0 Å². The topological polar surface area (TPSA) is 68.9 Å². The molecule has 2 aromatic rings. The lowest BCUT2D eigenvalue weighted by Crippen LogP contribution is -1.83. The molecule has 5 nitrogen and oxygen atoms in total. The Bertz CT molecular complexity index is 469. The fourth-order valence-corrected chi connectivity index (χ4v) is 1.12. The molecule has 2 heterocycles. The molecule has 0 fully saturated rings. The van der Waals surface area contributed by atoms with Crippen molar-refractivity contribution in [3.63, 3.8) is 0 Å². The Balaban J connectivity index is 2.49. The highest BCUT2D eigenvalue weighted by atomic mass is 35.5. The lowest BCUT2D eigenvalue weighted by atomic mass is 10.3. The molecule has 0 N–H and O–H groups in total. The van der Waals surface area contributed by atoms with E-state index < -0.39 is 0 Å². The molecule has 0 aromatic carbocycles. The quantitative estimate of drug-likeness (QED) is 0.703. The van der Waals surface area contributed by atoms with E-state index in [0.29, 0.717) is 17.0 Å². The Morgan fingerprint density at radius 3 is 2.93 bits per heavy atom. The summed E-state index contributed by atoms with van der Waals surface area (Å²) in [6, 6.07) is 3.33. The van der Waals surface area contributed by atoms with Crippen molar-refractivity contribution in [3.8, 4) is 11.6 Å². The highest BCUT2D eigenvalue weighted by Gasteiger charge is 2.11. The number of rotatable bonds is 2. The fourth-order valence-electron chi connectivity index (χ4n) is 0.921. The SMILES string of the molecule is O=Cc1nnc(-c2ncccc2Cl)o1. The van der Waals surface area contributed by atoms with E-state index in [1.165, 1.54) is 0 Å². The first-order chi connectivity index (χ1) is 6.81. The zero-order valence-corrected chi connectivity index (χ0v) is 7.60. The van der Waals surface area contributed by atoms with Gasteiger partial charge in [-0.3, -0.25) is 4.79 Å². The van der Waals surface area contributed by atoms with Crippen LogP contribution in [0.15, 0.2) is 22.7 Å². The molecule has 0 bridgehead atoms. The number of pyridine rings is 1. The molecule has 0 aliphatic rings. The van der Waals surface area contributed by atoms with Gasteiger partial charge >= 0.3 is 0 Å². The van der Waals surface area contributed by atoms with Crippen LogP contribution in [0.2, 0.25) is 5.02 Å². The van der Waals surface area contributed by atoms with Crippen LogP contribution in [-0.2, 0) is 0 Å². The maximum absolute atomic E-state index is 10.3. The van der Waals surface area contributed by atoms with Crippen LogP contribution < -0.4 is 0 Å². The van der Waals surface area contributed by atoms with Gasteiger partial charge in [0.25, 0.3) is 11.8 Å². The molecule has 6 heteroatoms. The van der Waals surface area contributed by atoms with Crippen molar-refractivity contribution in [2.45, 2.75) is 0 Å². The summed E-state index contributed by atoms with van der Waals surface area (Å²) in [7, 11) is 0. The Kier molecular flexibility index (Phi) is 2.24. The minimum Gasteiger partial charge on any atom is -0.412 e. The zero-order valence-electron chi connectivity index (χ0n) is 6.85. The summed E-state index contributed by atoms with van der Waals surface area (Å²) in [6.07, 6.45) is 2.01. The van der Waals surface area contributed by atoms with Crippen molar-refractivity contribution in [1.29, 1.82) is 0 Å². The van der Waals surface area contributed by atoms with Crippen LogP contribution in [0, 0.1) is 0 Å². The Morgan fingerprint density at radius 1 is 1.43 bits per heavy atom. The molecular formula is C8H4ClN3O2. The molecule has 14 heavy (non-hydrogen) atoms. The predicted molar refractivity (Wildman–Crippen MR) is 47.9 cm³/mol. The number of carbonyl (C=O) groups excluding carboxylic acids is 1. The second-order valence-electron chi connectivity index (χ2n) is 2.40. The van der Waals surface area contributed by atoms with Crippen LogP contribution in [0.3, 0.4) is 0 Å². The zero-order chi connectivity index (χ0) is 9.97. The highest BCUT2D eigenvalue weighted by Crippen LogP contribution is 2.23. The van der Waals surface area contributed by atoms with Gasteiger partial charge in [-0.2, -0.15) is 0 Å². The van der Waals surface area contributed by atoms with E-state index in [1.807, 2.05) is 0 Å². The standard InChI is InChI=1S/C8H4ClN3O2/c9-5-2-1-3-10-7(5)8-12-11-6(4-13)14-8/h1-4H. The summed E-state index contributed by atoms with van der Waals surface area (Å²) >= 11 is 5.83. The molecule has 0 saturated carbocycles. The van der Waals surface area contributed by atoms with Gasteiger partial charge in [0.1, 0.15) is 5.69 Å². The van der Waals surface area contributed by atoms with Crippen molar-refractivity contribution in [2.24, 2.45) is 0 Å². The summed E-state index contributed by atoms with van der Waals surface area (Å²) in [6.45, 7) is 0. The van der Waals surface area contributed by atoms with Gasteiger partial charge in [0.2, 0.25) is 6.29 Å². The lowest BCUT2D eigenvalue weighted by molar-refractivity contribution is 0.109. The van der Waals surface area contributed by atoms with Crippen LogP contribution in [0.25, 0.3) is 11.6 Å². The van der Waals surface area contributed by atoms with Crippen molar-refractivity contribution in [3.05, 3.63) is 29.2 Å². The van der Waals surface area contributed by atoms with Crippen molar-refractivity contribution < 1.29 is 9.21 Å². The first kappa shape index (κ1) is 8.83. The molecule has 0 amide bonds. The number of hydrogen-bond donors (Lipinski definition) is 0. The number of aromatic nitrogens is 3. The lowest BCUT2D eigenvalue weighted by Gasteiger charge is -1.94. The molecule has 2 aromatic heterocycles. The van der Waals surface area contributed by atoms with Gasteiger partial charge in [-0.25, -0.2) is 4.98 Å². The van der Waals surface area contributed by atoms with Crippen LogP contribution in [0.1, 0.15) is 10.7 Å². The molecule has 0 saturated heterocycles. The number of halogens is 1. The number of aldehydes is 1. The largest absolute Gasteiger partial charge is 0.412 e. The molecule has 0 aliphatic carbocycles. The highest BCUT2D eigenvalue weighted by molar-refractivity contribution is 6.32. The van der Waals surface area contributed by atoms with Gasteiger partial charge < -0.3 is 4.42 Å². The second kappa shape index (κ2) is 3.55. The summed E-state index contributed by atoms with van der Waals surface area (Å²) in [5.74, 6) is 0.0411. The number of nitrogens with zero attached hydrogens (tertiary/aromatic N) is 3. The summed E-state index contributed by atoms with van der Waals surface area (Å²) in [5.41, 5.74) is 0.370. The fraction of sp³-hybridized carbons (Fsp3) is 0. The molecule has 0 aliphatic heterocycles. The normalized spacial score (nSPS) is 10.1. The molecule has 0 unspecified atom stereocenters. The monoisotopic (exact) mass is 209 g/mol. The molecule has 0 spiro atoms. The average molecular weight is 210 g/mol. The summed E-state index contributed by atoms with van der Waals surface area (Å²) in [5, 5.41) is 7.49. The Hall–Kier alpha value is -1.75. The van der Waals surface area contributed by atoms with E-state index in [2.05, 4.69) is 15.2 Å². The van der Waals surface area contributed by atoms with Gasteiger partial charge in [0, 0.05) is 6.20 Å². The third kappa shape index (κ3) is 1.49. The molecule has 2 rings (SSSR count). The van der Waals surface area contributed by atoms with Gasteiger partial charge in [-0.15, -0.1) is 10.2 Å². The average Bonchev–Trinajstić information content (AvgIpc) is 2.67.